The molecule has 11 heteroatoms. The Morgan fingerprint density at radius 2 is 1.80 bits per heavy atom. The predicted octanol–water partition coefficient (Wildman–Crippen LogP) is 5.95. The quantitative estimate of drug-likeness (QED) is 0.298. The van der Waals surface area contributed by atoms with Crippen molar-refractivity contribution in [2.75, 3.05) is 37.6 Å². The second-order valence-electron chi connectivity index (χ2n) is 12.7. The summed E-state index contributed by atoms with van der Waals surface area (Å²) in [5.74, 6) is -2.83. The van der Waals surface area contributed by atoms with Gasteiger partial charge >= 0.3 is 0 Å². The fraction of sp³-hybridized carbons (Fsp3) is 0.545. The molecule has 3 aromatic rings. The summed E-state index contributed by atoms with van der Waals surface area (Å²) in [6.07, 6.45) is 3.92. The summed E-state index contributed by atoms with van der Waals surface area (Å²) >= 11 is 3.54. The number of alkyl halides is 2. The second-order valence-corrected chi connectivity index (χ2v) is 13.5. The van der Waals surface area contributed by atoms with E-state index in [1.54, 1.807) is 4.68 Å². The molecule has 0 bridgehead atoms. The molecule has 6 rings (SSSR count). The number of carbonyl (C=O) groups excluding carboxylic acids is 2. The van der Waals surface area contributed by atoms with E-state index < -0.39 is 11.8 Å². The maximum absolute atomic E-state index is 15.2. The number of anilines is 1. The van der Waals surface area contributed by atoms with Crippen LogP contribution < -0.4 is 15.0 Å². The van der Waals surface area contributed by atoms with E-state index in [2.05, 4.69) is 37.3 Å². The van der Waals surface area contributed by atoms with Gasteiger partial charge in [0.2, 0.25) is 11.8 Å². The number of nitrogens with one attached hydrogen (secondary N) is 1. The van der Waals surface area contributed by atoms with E-state index in [1.807, 2.05) is 49.2 Å². The zero-order chi connectivity index (χ0) is 31.0. The van der Waals surface area contributed by atoms with Crippen LogP contribution in [0.25, 0.3) is 10.9 Å². The van der Waals surface area contributed by atoms with Crippen molar-refractivity contribution < 1.29 is 23.1 Å². The molecule has 44 heavy (non-hydrogen) atoms. The molecule has 1 aromatic heterocycles. The maximum atomic E-state index is 15.2. The lowest BCUT2D eigenvalue weighted by Crippen LogP contribution is -2.50. The third-order valence-electron chi connectivity index (χ3n) is 9.52. The van der Waals surface area contributed by atoms with Crippen molar-refractivity contribution in [1.82, 2.24) is 20.0 Å². The Kier molecular flexibility index (Phi) is 8.97. The van der Waals surface area contributed by atoms with Crippen LogP contribution in [0.2, 0.25) is 0 Å². The number of fused-ring (bicyclic) bond motifs is 1. The van der Waals surface area contributed by atoms with E-state index in [9.17, 15) is 9.59 Å². The lowest BCUT2D eigenvalue weighted by Gasteiger charge is -2.38. The number of aromatic nitrogens is 2. The van der Waals surface area contributed by atoms with E-state index in [-0.39, 0.29) is 36.8 Å². The second kappa shape index (κ2) is 12.7. The van der Waals surface area contributed by atoms with Crippen LogP contribution >= 0.6 is 15.9 Å². The van der Waals surface area contributed by atoms with Gasteiger partial charge in [0.1, 0.15) is 5.75 Å². The molecule has 1 saturated carbocycles. The minimum absolute atomic E-state index is 0.0189. The smallest absolute Gasteiger partial charge is 0.260 e. The molecular weight excluding hydrogens is 632 g/mol. The monoisotopic (exact) mass is 671 g/mol. The Bertz CT molecular complexity index is 1530. The number of hydrogen-bond donors (Lipinski definition) is 1. The minimum Gasteiger partial charge on any atom is -0.490 e. The third-order valence-corrected chi connectivity index (χ3v) is 10.4. The molecule has 1 unspecified atom stereocenters. The molecule has 1 aliphatic carbocycles. The van der Waals surface area contributed by atoms with Crippen molar-refractivity contribution in [3.8, 4) is 5.75 Å². The summed E-state index contributed by atoms with van der Waals surface area (Å²) in [6.45, 7) is 4.30. The molecule has 0 spiro atoms. The number of carbonyl (C=O) groups is 2. The van der Waals surface area contributed by atoms with Crippen molar-refractivity contribution in [2.24, 2.45) is 13.0 Å². The van der Waals surface area contributed by atoms with Crippen molar-refractivity contribution in [3.63, 3.8) is 0 Å². The van der Waals surface area contributed by atoms with Gasteiger partial charge in [-0.15, -0.1) is 0 Å². The Morgan fingerprint density at radius 1 is 1.05 bits per heavy atom. The normalized spacial score (nSPS) is 23.7. The highest BCUT2D eigenvalue weighted by Crippen LogP contribution is 2.37. The number of amides is 2. The summed E-state index contributed by atoms with van der Waals surface area (Å²) in [7, 11) is 1.85. The minimum atomic E-state index is -2.72. The van der Waals surface area contributed by atoms with E-state index >= 15 is 8.78 Å². The first-order chi connectivity index (χ1) is 21.1. The van der Waals surface area contributed by atoms with Crippen molar-refractivity contribution >= 4 is 44.3 Å². The zero-order valence-electron chi connectivity index (χ0n) is 25.3. The highest BCUT2D eigenvalue weighted by Gasteiger charge is 2.37. The van der Waals surface area contributed by atoms with E-state index in [4.69, 9.17) is 4.74 Å². The van der Waals surface area contributed by atoms with Crippen molar-refractivity contribution in [2.45, 2.75) is 69.8 Å². The van der Waals surface area contributed by atoms with Gasteiger partial charge in [-0.3, -0.25) is 24.5 Å². The fourth-order valence-electron chi connectivity index (χ4n) is 7.01. The van der Waals surface area contributed by atoms with Crippen LogP contribution in [0.4, 0.5) is 14.5 Å². The summed E-state index contributed by atoms with van der Waals surface area (Å²) in [5.41, 5.74) is 3.67. The molecule has 2 aromatic carbocycles. The van der Waals surface area contributed by atoms with Gasteiger partial charge in [0.25, 0.3) is 5.92 Å². The number of rotatable bonds is 8. The molecule has 236 valence electrons. The highest BCUT2D eigenvalue weighted by atomic mass is 79.9. The predicted molar refractivity (Wildman–Crippen MR) is 169 cm³/mol. The van der Waals surface area contributed by atoms with Crippen LogP contribution in [0.1, 0.15) is 62.1 Å². The molecule has 3 fully saturated rings. The SMILES string of the molecule is Cc1c(Br)cccc1O[C@H]1CC[C@H](CC(F)(F)CN2CCN(c3ccc4c(C5CCC(=O)NC5=O)nn(C)c4c3)CC2)CC1. The van der Waals surface area contributed by atoms with Crippen LogP contribution in [-0.4, -0.2) is 71.2 Å². The Hall–Kier alpha value is -3.05. The Morgan fingerprint density at radius 3 is 2.52 bits per heavy atom. The van der Waals surface area contributed by atoms with Gasteiger partial charge < -0.3 is 9.64 Å². The number of halogens is 3. The van der Waals surface area contributed by atoms with Gasteiger partial charge in [-0.2, -0.15) is 5.10 Å². The highest BCUT2D eigenvalue weighted by molar-refractivity contribution is 9.10. The fourth-order valence-corrected chi connectivity index (χ4v) is 7.36. The van der Waals surface area contributed by atoms with Gasteiger partial charge in [0.15, 0.2) is 0 Å². The van der Waals surface area contributed by atoms with Gasteiger partial charge in [-0.25, -0.2) is 8.78 Å². The van der Waals surface area contributed by atoms with Gasteiger partial charge in [-0.05, 0) is 75.3 Å². The van der Waals surface area contributed by atoms with Crippen molar-refractivity contribution in [3.05, 3.63) is 52.1 Å². The van der Waals surface area contributed by atoms with Crippen LogP contribution in [-0.2, 0) is 16.6 Å². The first-order valence-corrected chi connectivity index (χ1v) is 16.4. The van der Waals surface area contributed by atoms with E-state index in [1.165, 1.54) is 0 Å². The molecule has 1 N–H and O–H groups in total. The Labute approximate surface area is 265 Å². The lowest BCUT2D eigenvalue weighted by atomic mass is 9.83. The molecule has 8 nitrogen and oxygen atoms in total. The number of piperazine rings is 1. The van der Waals surface area contributed by atoms with Crippen LogP contribution in [0, 0.1) is 12.8 Å². The summed E-state index contributed by atoms with van der Waals surface area (Å²) in [5, 5.41) is 7.95. The molecule has 2 amide bonds. The first-order valence-electron chi connectivity index (χ1n) is 15.6. The van der Waals surface area contributed by atoms with Gasteiger partial charge in [-0.1, -0.05) is 22.0 Å². The number of imide groups is 1. The molecule has 2 saturated heterocycles. The molecule has 2 aliphatic heterocycles. The van der Waals surface area contributed by atoms with Crippen LogP contribution in [0.5, 0.6) is 5.75 Å². The van der Waals surface area contributed by atoms with Crippen molar-refractivity contribution in [1.29, 1.82) is 0 Å². The standard InChI is InChI=1S/C33H40BrF2N5O3/c1-21-27(34)4-3-5-29(21)44-24-9-6-22(7-10-24)19-33(35,36)20-40-14-16-41(17-15-40)23-8-11-25-28(18-23)39(2)38-31(25)26-12-13-30(42)37-32(26)43/h3-5,8,11,18,22,24,26H,6-7,9-10,12-17,19-20H2,1-2H3,(H,37,42,43)/t22-,24-,26?. The molecule has 1 atom stereocenters. The maximum Gasteiger partial charge on any atom is 0.260 e. The molecule has 3 heterocycles. The van der Waals surface area contributed by atoms with Gasteiger partial charge in [0.05, 0.1) is 29.8 Å². The number of piperidine rings is 1. The topological polar surface area (TPSA) is 79.7 Å². The summed E-state index contributed by atoms with van der Waals surface area (Å²) in [6, 6.07) is 12.0. The number of nitrogens with zero attached hydrogens (tertiary/aromatic N) is 4. The van der Waals surface area contributed by atoms with Crippen LogP contribution in [0.3, 0.4) is 0 Å². The third kappa shape index (κ3) is 6.78. The average molecular weight is 673 g/mol. The summed E-state index contributed by atoms with van der Waals surface area (Å²) in [4.78, 5) is 28.2. The summed E-state index contributed by atoms with van der Waals surface area (Å²) < 4.78 is 39.5. The number of benzene rings is 2. The lowest BCUT2D eigenvalue weighted by molar-refractivity contribution is -0.134. The van der Waals surface area contributed by atoms with Crippen LogP contribution in [0.15, 0.2) is 40.9 Å². The van der Waals surface area contributed by atoms with E-state index in [0.29, 0.717) is 44.7 Å². The number of ether oxygens (including phenoxy) is 1. The largest absolute Gasteiger partial charge is 0.490 e. The van der Waals surface area contributed by atoms with E-state index in [0.717, 1.165) is 58.1 Å². The molecular formula is C33H40BrF2N5O3. The number of hydrogen-bond acceptors (Lipinski definition) is 6. The molecule has 0 radical (unpaired) electrons. The number of aryl methyl sites for hydroxylation is 1. The van der Waals surface area contributed by atoms with Gasteiger partial charge in [0, 0.05) is 67.2 Å². The average Bonchev–Trinajstić information content (AvgIpc) is 3.31. The first kappa shape index (κ1) is 31.0. The zero-order valence-corrected chi connectivity index (χ0v) is 26.9. The Balaban J connectivity index is 0.993. The molecule has 3 aliphatic rings.